The van der Waals surface area contributed by atoms with Gasteiger partial charge < -0.3 is 14.6 Å². The molecule has 0 radical (unpaired) electrons. The Morgan fingerprint density at radius 2 is 2.06 bits per heavy atom. The van der Waals surface area contributed by atoms with E-state index >= 15 is 0 Å². The SMILES string of the molecule is CCOC(=O)c1ccc2c(c1)nc(SCC(=O)NC1CCCc3ccccc31)n2CC. The van der Waals surface area contributed by atoms with E-state index in [1.54, 1.807) is 19.1 Å². The van der Waals surface area contributed by atoms with Crippen LogP contribution < -0.4 is 5.32 Å². The van der Waals surface area contributed by atoms with E-state index in [0.29, 0.717) is 17.9 Å². The van der Waals surface area contributed by atoms with Gasteiger partial charge >= 0.3 is 5.97 Å². The van der Waals surface area contributed by atoms with Crippen LogP contribution in [0.3, 0.4) is 0 Å². The first kappa shape index (κ1) is 21.4. The third kappa shape index (κ3) is 4.61. The zero-order valence-electron chi connectivity index (χ0n) is 17.9. The number of hydrogen-bond acceptors (Lipinski definition) is 5. The van der Waals surface area contributed by atoms with Crippen molar-refractivity contribution in [2.24, 2.45) is 0 Å². The second-order valence-electron chi connectivity index (χ2n) is 7.56. The molecule has 1 amide bonds. The van der Waals surface area contributed by atoms with E-state index in [-0.39, 0.29) is 17.9 Å². The Bertz CT molecular complexity index is 1110. The van der Waals surface area contributed by atoms with E-state index in [9.17, 15) is 9.59 Å². The molecule has 162 valence electrons. The first-order valence-corrected chi connectivity index (χ1v) is 11.8. The van der Waals surface area contributed by atoms with Crippen molar-refractivity contribution in [3.63, 3.8) is 0 Å². The fourth-order valence-electron chi connectivity index (χ4n) is 4.13. The van der Waals surface area contributed by atoms with Crippen LogP contribution in [0.1, 0.15) is 54.2 Å². The zero-order valence-corrected chi connectivity index (χ0v) is 18.7. The van der Waals surface area contributed by atoms with Gasteiger partial charge in [-0.05, 0) is 62.4 Å². The van der Waals surface area contributed by atoms with Crippen molar-refractivity contribution in [3.8, 4) is 0 Å². The highest BCUT2D eigenvalue weighted by molar-refractivity contribution is 7.99. The Morgan fingerprint density at radius 3 is 2.87 bits per heavy atom. The van der Waals surface area contributed by atoms with E-state index < -0.39 is 0 Å². The number of carbonyl (C=O) groups excluding carboxylic acids is 2. The number of ether oxygens (including phenoxy) is 1. The second-order valence-corrected chi connectivity index (χ2v) is 8.50. The predicted molar refractivity (Wildman–Crippen MR) is 122 cm³/mol. The summed E-state index contributed by atoms with van der Waals surface area (Å²) in [4.78, 5) is 29.4. The van der Waals surface area contributed by atoms with Crippen LogP contribution in [0.15, 0.2) is 47.6 Å². The van der Waals surface area contributed by atoms with Gasteiger partial charge in [-0.1, -0.05) is 36.0 Å². The number of thioether (sulfide) groups is 1. The fourth-order valence-corrected chi connectivity index (χ4v) is 5.02. The van der Waals surface area contributed by atoms with Crippen LogP contribution in [0.25, 0.3) is 11.0 Å². The summed E-state index contributed by atoms with van der Waals surface area (Å²) in [7, 11) is 0. The average Bonchev–Trinajstić information content (AvgIpc) is 3.15. The summed E-state index contributed by atoms with van der Waals surface area (Å²) in [6.45, 7) is 4.90. The topological polar surface area (TPSA) is 73.2 Å². The lowest BCUT2D eigenvalue weighted by atomic mass is 9.88. The molecule has 1 aliphatic rings. The largest absolute Gasteiger partial charge is 0.462 e. The third-order valence-corrected chi connectivity index (χ3v) is 6.55. The minimum absolute atomic E-state index is 0.00799. The molecule has 1 heterocycles. The Balaban J connectivity index is 1.46. The lowest BCUT2D eigenvalue weighted by molar-refractivity contribution is -0.119. The Morgan fingerprint density at radius 1 is 1.23 bits per heavy atom. The lowest BCUT2D eigenvalue weighted by Crippen LogP contribution is -2.32. The molecule has 1 aliphatic carbocycles. The second kappa shape index (κ2) is 9.56. The zero-order chi connectivity index (χ0) is 21.8. The molecule has 4 rings (SSSR count). The molecule has 0 spiro atoms. The summed E-state index contributed by atoms with van der Waals surface area (Å²) in [6.07, 6.45) is 3.13. The van der Waals surface area contributed by atoms with Crippen LogP contribution in [0.5, 0.6) is 0 Å². The highest BCUT2D eigenvalue weighted by Gasteiger charge is 2.22. The molecule has 0 saturated heterocycles. The molecule has 1 N–H and O–H groups in total. The monoisotopic (exact) mass is 437 g/mol. The maximum atomic E-state index is 12.7. The number of carbonyl (C=O) groups is 2. The molecule has 31 heavy (non-hydrogen) atoms. The molecule has 2 aromatic carbocycles. The van der Waals surface area contributed by atoms with Gasteiger partial charge in [0.2, 0.25) is 5.91 Å². The summed E-state index contributed by atoms with van der Waals surface area (Å²) in [5, 5.41) is 3.97. The van der Waals surface area contributed by atoms with Crippen LogP contribution in [-0.4, -0.2) is 33.8 Å². The van der Waals surface area contributed by atoms with Gasteiger partial charge in [0, 0.05) is 6.54 Å². The molecule has 6 nitrogen and oxygen atoms in total. The summed E-state index contributed by atoms with van der Waals surface area (Å²) in [6, 6.07) is 13.8. The Labute approximate surface area is 186 Å². The first-order valence-electron chi connectivity index (χ1n) is 10.8. The van der Waals surface area contributed by atoms with Crippen molar-refractivity contribution in [2.45, 2.75) is 50.9 Å². The fraction of sp³-hybridized carbons (Fsp3) is 0.375. The summed E-state index contributed by atoms with van der Waals surface area (Å²) in [5.74, 6) is -0.0439. The summed E-state index contributed by atoms with van der Waals surface area (Å²) < 4.78 is 7.15. The van der Waals surface area contributed by atoms with E-state index in [2.05, 4.69) is 33.1 Å². The number of hydrogen-bond donors (Lipinski definition) is 1. The quantitative estimate of drug-likeness (QED) is 0.435. The van der Waals surface area contributed by atoms with Gasteiger partial charge in [-0.3, -0.25) is 4.79 Å². The van der Waals surface area contributed by atoms with Crippen LogP contribution in [0.2, 0.25) is 0 Å². The number of benzene rings is 2. The predicted octanol–water partition coefficient (Wildman–Crippen LogP) is 4.52. The number of aryl methyl sites for hydroxylation is 2. The molecule has 0 bridgehead atoms. The Kier molecular flexibility index (Phi) is 6.61. The molecular weight excluding hydrogens is 410 g/mol. The number of nitrogens with one attached hydrogen (secondary N) is 1. The van der Waals surface area contributed by atoms with Crippen LogP contribution >= 0.6 is 11.8 Å². The molecule has 7 heteroatoms. The van der Waals surface area contributed by atoms with Gasteiger partial charge in [0.25, 0.3) is 0 Å². The molecule has 0 saturated carbocycles. The molecule has 3 aromatic rings. The molecule has 0 aliphatic heterocycles. The molecule has 0 fully saturated rings. The summed E-state index contributed by atoms with van der Waals surface area (Å²) >= 11 is 1.42. The van der Waals surface area contributed by atoms with E-state index in [1.165, 1.54) is 22.9 Å². The van der Waals surface area contributed by atoms with E-state index in [0.717, 1.165) is 42.0 Å². The number of nitrogens with zero attached hydrogens (tertiary/aromatic N) is 2. The van der Waals surface area contributed by atoms with Gasteiger partial charge in [-0.15, -0.1) is 0 Å². The number of imidazole rings is 1. The minimum Gasteiger partial charge on any atom is -0.462 e. The number of amides is 1. The van der Waals surface area contributed by atoms with Crippen molar-refractivity contribution < 1.29 is 14.3 Å². The maximum Gasteiger partial charge on any atom is 0.338 e. The highest BCUT2D eigenvalue weighted by atomic mass is 32.2. The smallest absolute Gasteiger partial charge is 0.338 e. The number of rotatable bonds is 7. The highest BCUT2D eigenvalue weighted by Crippen LogP contribution is 2.30. The van der Waals surface area contributed by atoms with Gasteiger partial charge in [0.15, 0.2) is 5.16 Å². The lowest BCUT2D eigenvalue weighted by Gasteiger charge is -2.26. The molecule has 1 atom stereocenters. The van der Waals surface area contributed by atoms with Crippen LogP contribution in [0.4, 0.5) is 0 Å². The van der Waals surface area contributed by atoms with Crippen molar-refractivity contribution in [3.05, 3.63) is 59.2 Å². The van der Waals surface area contributed by atoms with Crippen molar-refractivity contribution in [2.75, 3.05) is 12.4 Å². The van der Waals surface area contributed by atoms with Gasteiger partial charge in [0.05, 0.1) is 35.0 Å². The van der Waals surface area contributed by atoms with Gasteiger partial charge in [0.1, 0.15) is 0 Å². The van der Waals surface area contributed by atoms with Gasteiger partial charge in [-0.2, -0.15) is 0 Å². The number of esters is 1. The third-order valence-electron chi connectivity index (χ3n) is 5.58. The van der Waals surface area contributed by atoms with Crippen molar-refractivity contribution in [1.29, 1.82) is 0 Å². The van der Waals surface area contributed by atoms with E-state index in [4.69, 9.17) is 4.74 Å². The van der Waals surface area contributed by atoms with E-state index in [1.807, 2.05) is 19.1 Å². The van der Waals surface area contributed by atoms with Gasteiger partial charge in [-0.25, -0.2) is 9.78 Å². The minimum atomic E-state index is -0.350. The van der Waals surface area contributed by atoms with Crippen LogP contribution in [0, 0.1) is 0 Å². The molecule has 1 aromatic heterocycles. The number of aromatic nitrogens is 2. The van der Waals surface area contributed by atoms with Crippen molar-refractivity contribution in [1.82, 2.24) is 14.9 Å². The Hall–Kier alpha value is -2.80. The number of fused-ring (bicyclic) bond motifs is 2. The molecule has 1 unspecified atom stereocenters. The summed E-state index contributed by atoms with van der Waals surface area (Å²) in [5.41, 5.74) is 4.73. The standard InChI is InChI=1S/C24H27N3O3S/c1-3-27-21-13-12-17(23(29)30-4-2)14-20(21)26-24(27)31-15-22(28)25-19-11-7-9-16-8-5-6-10-18(16)19/h5-6,8,10,12-14,19H,3-4,7,9,11,15H2,1-2H3,(H,25,28). The average molecular weight is 438 g/mol. The molecular formula is C24H27N3O3S. The van der Waals surface area contributed by atoms with Crippen molar-refractivity contribution >= 4 is 34.7 Å². The first-order chi connectivity index (χ1) is 15.1. The maximum absolute atomic E-state index is 12.7. The normalized spacial score (nSPS) is 15.5. The van der Waals surface area contributed by atoms with Crippen LogP contribution in [-0.2, 0) is 22.5 Å².